The third-order valence-corrected chi connectivity index (χ3v) is 4.65. The summed E-state index contributed by atoms with van der Waals surface area (Å²) in [5, 5.41) is 4.77. The van der Waals surface area contributed by atoms with Crippen LogP contribution in [0.4, 0.5) is 5.95 Å². The van der Waals surface area contributed by atoms with E-state index in [-0.39, 0.29) is 0 Å². The van der Waals surface area contributed by atoms with Crippen LogP contribution in [-0.4, -0.2) is 35.6 Å². The molecular weight excluding hydrogens is 248 g/mol. The fourth-order valence-corrected chi connectivity index (χ4v) is 3.54. The molecule has 2 aromatic rings. The summed E-state index contributed by atoms with van der Waals surface area (Å²) >= 11 is 0. The molecule has 3 heterocycles. The molecule has 1 aromatic heterocycles. The summed E-state index contributed by atoms with van der Waals surface area (Å²) in [7, 11) is 0. The lowest BCUT2D eigenvalue weighted by molar-refractivity contribution is 0.243. The van der Waals surface area contributed by atoms with Gasteiger partial charge in [-0.3, -0.25) is 0 Å². The lowest BCUT2D eigenvalue weighted by atomic mass is 9.85. The van der Waals surface area contributed by atoms with Gasteiger partial charge in [0.15, 0.2) is 0 Å². The van der Waals surface area contributed by atoms with Crippen molar-refractivity contribution in [3.63, 3.8) is 0 Å². The Bertz CT molecular complexity index is 612. The highest BCUT2D eigenvalue weighted by Crippen LogP contribution is 2.27. The first-order valence-corrected chi connectivity index (χ1v) is 7.60. The number of fused-ring (bicyclic) bond motifs is 2. The Morgan fingerprint density at radius 1 is 1.20 bits per heavy atom. The lowest BCUT2D eigenvalue weighted by Crippen LogP contribution is -2.52. The van der Waals surface area contributed by atoms with Crippen LogP contribution in [0.3, 0.4) is 0 Å². The summed E-state index contributed by atoms with van der Waals surface area (Å²) in [6.45, 7) is 3.34. The normalized spacial score (nSPS) is 26.5. The van der Waals surface area contributed by atoms with Gasteiger partial charge in [0.05, 0.1) is 5.52 Å². The standard InChI is InChI=1S/C16H20N4/c1-2-6-15-12(4-1)10-18-16(19-15)20-9-7-14-13(11-20)5-3-8-17-14/h1-2,4,6,10,13-14,17H,3,5,7-9,11H2. The topological polar surface area (TPSA) is 41.1 Å². The van der Waals surface area contributed by atoms with Gasteiger partial charge in [-0.05, 0) is 37.8 Å². The van der Waals surface area contributed by atoms with Crippen molar-refractivity contribution in [3.05, 3.63) is 30.5 Å². The fourth-order valence-electron chi connectivity index (χ4n) is 3.54. The minimum Gasteiger partial charge on any atom is -0.340 e. The van der Waals surface area contributed by atoms with E-state index in [2.05, 4.69) is 27.3 Å². The molecule has 20 heavy (non-hydrogen) atoms. The number of hydrogen-bond donors (Lipinski definition) is 1. The van der Waals surface area contributed by atoms with Crippen molar-refractivity contribution in [1.29, 1.82) is 0 Å². The van der Waals surface area contributed by atoms with Crippen LogP contribution in [0.5, 0.6) is 0 Å². The van der Waals surface area contributed by atoms with Gasteiger partial charge in [0.1, 0.15) is 0 Å². The van der Waals surface area contributed by atoms with Crippen molar-refractivity contribution in [2.75, 3.05) is 24.5 Å². The fraction of sp³-hybridized carbons (Fsp3) is 0.500. The van der Waals surface area contributed by atoms with Crippen LogP contribution in [0.15, 0.2) is 30.5 Å². The second-order valence-electron chi connectivity index (χ2n) is 5.93. The molecule has 4 nitrogen and oxygen atoms in total. The summed E-state index contributed by atoms with van der Waals surface area (Å²) in [6.07, 6.45) is 5.79. The quantitative estimate of drug-likeness (QED) is 0.861. The Hall–Kier alpha value is -1.68. The predicted molar refractivity (Wildman–Crippen MR) is 80.9 cm³/mol. The second kappa shape index (κ2) is 5.02. The Labute approximate surface area is 119 Å². The number of hydrogen-bond acceptors (Lipinski definition) is 4. The summed E-state index contributed by atoms with van der Waals surface area (Å²) in [5.74, 6) is 1.65. The van der Waals surface area contributed by atoms with Crippen LogP contribution in [0.25, 0.3) is 10.9 Å². The molecule has 4 heteroatoms. The van der Waals surface area contributed by atoms with Crippen LogP contribution < -0.4 is 10.2 Å². The van der Waals surface area contributed by atoms with Crippen molar-refractivity contribution in [3.8, 4) is 0 Å². The summed E-state index contributed by atoms with van der Waals surface area (Å²) in [4.78, 5) is 11.7. The third kappa shape index (κ3) is 2.14. The maximum absolute atomic E-state index is 4.73. The van der Waals surface area contributed by atoms with Crippen LogP contribution in [-0.2, 0) is 0 Å². The number of para-hydroxylation sites is 1. The molecule has 0 aliphatic carbocycles. The minimum absolute atomic E-state index is 0.709. The largest absolute Gasteiger partial charge is 0.340 e. The zero-order valence-corrected chi connectivity index (χ0v) is 11.6. The molecule has 0 bridgehead atoms. The van der Waals surface area contributed by atoms with E-state index >= 15 is 0 Å². The van der Waals surface area contributed by atoms with Gasteiger partial charge in [-0.25, -0.2) is 9.97 Å². The first-order chi connectivity index (χ1) is 9.90. The van der Waals surface area contributed by atoms with Gasteiger partial charge in [0, 0.05) is 30.7 Å². The van der Waals surface area contributed by atoms with Gasteiger partial charge in [-0.2, -0.15) is 0 Å². The second-order valence-corrected chi connectivity index (χ2v) is 5.93. The van der Waals surface area contributed by atoms with E-state index in [9.17, 15) is 0 Å². The Balaban J connectivity index is 1.59. The molecule has 2 aliphatic heterocycles. The minimum atomic E-state index is 0.709. The highest BCUT2D eigenvalue weighted by molar-refractivity contribution is 5.78. The monoisotopic (exact) mass is 268 g/mol. The average Bonchev–Trinajstić information content (AvgIpc) is 2.54. The average molecular weight is 268 g/mol. The molecule has 2 atom stereocenters. The van der Waals surface area contributed by atoms with E-state index in [1.165, 1.54) is 25.8 Å². The van der Waals surface area contributed by atoms with E-state index in [1.54, 1.807) is 0 Å². The van der Waals surface area contributed by atoms with Crippen molar-refractivity contribution in [1.82, 2.24) is 15.3 Å². The maximum atomic E-state index is 4.73. The smallest absolute Gasteiger partial charge is 0.225 e. The molecule has 0 radical (unpaired) electrons. The molecular formula is C16H20N4. The maximum Gasteiger partial charge on any atom is 0.225 e. The van der Waals surface area contributed by atoms with Crippen molar-refractivity contribution in [2.45, 2.75) is 25.3 Å². The van der Waals surface area contributed by atoms with Gasteiger partial charge in [0.25, 0.3) is 0 Å². The molecule has 2 saturated heterocycles. The Kier molecular flexibility index (Phi) is 3.03. The zero-order chi connectivity index (χ0) is 13.4. The van der Waals surface area contributed by atoms with Gasteiger partial charge < -0.3 is 10.2 Å². The number of nitrogens with zero attached hydrogens (tertiary/aromatic N) is 3. The summed E-state index contributed by atoms with van der Waals surface area (Å²) < 4.78 is 0. The first-order valence-electron chi connectivity index (χ1n) is 7.60. The van der Waals surface area contributed by atoms with E-state index in [0.29, 0.717) is 6.04 Å². The van der Waals surface area contributed by atoms with Crippen molar-refractivity contribution >= 4 is 16.9 Å². The zero-order valence-electron chi connectivity index (χ0n) is 11.6. The van der Waals surface area contributed by atoms with Gasteiger partial charge in [-0.15, -0.1) is 0 Å². The number of piperidine rings is 2. The van der Waals surface area contributed by atoms with E-state index in [4.69, 9.17) is 4.98 Å². The molecule has 2 aliphatic rings. The lowest BCUT2D eigenvalue weighted by Gasteiger charge is -2.41. The van der Waals surface area contributed by atoms with Crippen molar-refractivity contribution < 1.29 is 0 Å². The Morgan fingerprint density at radius 3 is 3.15 bits per heavy atom. The molecule has 1 aromatic carbocycles. The molecule has 0 amide bonds. The highest BCUT2D eigenvalue weighted by Gasteiger charge is 2.31. The predicted octanol–water partition coefficient (Wildman–Crippen LogP) is 2.21. The molecule has 0 saturated carbocycles. The Morgan fingerprint density at radius 2 is 2.15 bits per heavy atom. The molecule has 4 rings (SSSR count). The summed E-state index contributed by atoms with van der Waals surface area (Å²) in [5.41, 5.74) is 1.04. The molecule has 0 spiro atoms. The van der Waals surface area contributed by atoms with Gasteiger partial charge >= 0.3 is 0 Å². The van der Waals surface area contributed by atoms with E-state index in [1.807, 2.05) is 18.3 Å². The highest BCUT2D eigenvalue weighted by atomic mass is 15.3. The van der Waals surface area contributed by atoms with Crippen LogP contribution in [0.2, 0.25) is 0 Å². The number of benzene rings is 1. The number of rotatable bonds is 1. The van der Waals surface area contributed by atoms with Gasteiger partial charge in [-0.1, -0.05) is 18.2 Å². The molecule has 2 fully saturated rings. The number of aromatic nitrogens is 2. The number of nitrogens with one attached hydrogen (secondary N) is 1. The third-order valence-electron chi connectivity index (χ3n) is 4.65. The van der Waals surface area contributed by atoms with Crippen LogP contribution in [0, 0.1) is 5.92 Å². The van der Waals surface area contributed by atoms with Gasteiger partial charge in [0.2, 0.25) is 5.95 Å². The number of anilines is 1. The molecule has 104 valence electrons. The molecule has 2 unspecified atom stereocenters. The van der Waals surface area contributed by atoms with E-state index < -0.39 is 0 Å². The first kappa shape index (κ1) is 12.1. The molecule has 1 N–H and O–H groups in total. The SMILES string of the molecule is c1ccc2nc(N3CCC4NCCCC4C3)ncc2c1. The van der Waals surface area contributed by atoms with Crippen molar-refractivity contribution in [2.24, 2.45) is 5.92 Å². The van der Waals surface area contributed by atoms with Crippen LogP contribution in [0.1, 0.15) is 19.3 Å². The van der Waals surface area contributed by atoms with E-state index in [0.717, 1.165) is 35.9 Å². The van der Waals surface area contributed by atoms with Crippen LogP contribution >= 0.6 is 0 Å². The summed E-state index contributed by atoms with van der Waals surface area (Å²) in [6, 6.07) is 8.91.